The first kappa shape index (κ1) is 17.4. The number of nitrogens with zero attached hydrogens (tertiary/aromatic N) is 1. The Hall–Kier alpha value is -2.47. The van der Waals surface area contributed by atoms with Gasteiger partial charge in [0.2, 0.25) is 0 Å². The maximum Gasteiger partial charge on any atom is 0.310 e. The number of hydrogen-bond donors (Lipinski definition) is 1. The van der Waals surface area contributed by atoms with E-state index >= 15 is 0 Å². The van der Waals surface area contributed by atoms with Gasteiger partial charge in [0.25, 0.3) is 5.56 Å². The Morgan fingerprint density at radius 3 is 2.60 bits per heavy atom. The number of thiophene rings is 1. The summed E-state index contributed by atoms with van der Waals surface area (Å²) < 4.78 is 5.44. The van der Waals surface area contributed by atoms with Gasteiger partial charge in [0, 0.05) is 4.88 Å². The summed E-state index contributed by atoms with van der Waals surface area (Å²) in [5, 5.41) is 0.615. The Labute approximate surface area is 149 Å². The molecule has 0 aliphatic rings. The van der Waals surface area contributed by atoms with Crippen molar-refractivity contribution in [3.05, 3.63) is 62.0 Å². The molecule has 5 nitrogen and oxygen atoms in total. The van der Waals surface area contributed by atoms with Gasteiger partial charge in [-0.2, -0.15) is 0 Å². The SMILES string of the molecule is Cc1ccc(CC(=O)O[C@@H](C)c2nc3sc(C)c(C)c3c(=O)[nH]2)cc1. The molecule has 3 rings (SSSR count). The van der Waals surface area contributed by atoms with E-state index in [1.807, 2.05) is 45.0 Å². The molecule has 0 aliphatic heterocycles. The number of aryl methyl sites for hydroxylation is 3. The minimum Gasteiger partial charge on any atom is -0.454 e. The van der Waals surface area contributed by atoms with Crippen LogP contribution >= 0.6 is 11.3 Å². The molecule has 1 atom stereocenters. The van der Waals surface area contributed by atoms with Crippen LogP contribution in [0.1, 0.15) is 40.4 Å². The van der Waals surface area contributed by atoms with Crippen LogP contribution < -0.4 is 5.56 Å². The van der Waals surface area contributed by atoms with Crippen LogP contribution in [0.2, 0.25) is 0 Å². The molecule has 6 heteroatoms. The van der Waals surface area contributed by atoms with Crippen molar-refractivity contribution in [3.8, 4) is 0 Å². The summed E-state index contributed by atoms with van der Waals surface area (Å²) in [6, 6.07) is 7.73. The van der Waals surface area contributed by atoms with Crippen molar-refractivity contribution in [2.24, 2.45) is 0 Å². The molecule has 0 saturated carbocycles. The highest BCUT2D eigenvalue weighted by Crippen LogP contribution is 2.27. The van der Waals surface area contributed by atoms with Gasteiger partial charge in [-0.25, -0.2) is 4.98 Å². The monoisotopic (exact) mass is 356 g/mol. The van der Waals surface area contributed by atoms with Crippen LogP contribution in [-0.4, -0.2) is 15.9 Å². The highest BCUT2D eigenvalue weighted by atomic mass is 32.1. The van der Waals surface area contributed by atoms with Gasteiger partial charge in [-0.05, 0) is 38.8 Å². The van der Waals surface area contributed by atoms with Crippen molar-refractivity contribution in [3.63, 3.8) is 0 Å². The van der Waals surface area contributed by atoms with E-state index in [0.29, 0.717) is 16.0 Å². The normalized spacial score (nSPS) is 12.3. The fraction of sp³-hybridized carbons (Fsp3) is 0.316. The molecule has 0 saturated heterocycles. The lowest BCUT2D eigenvalue weighted by molar-refractivity contribution is -0.148. The van der Waals surface area contributed by atoms with Gasteiger partial charge < -0.3 is 9.72 Å². The van der Waals surface area contributed by atoms with Crippen LogP contribution in [0, 0.1) is 20.8 Å². The summed E-state index contributed by atoms with van der Waals surface area (Å²) in [6.07, 6.45) is -0.424. The molecule has 2 aromatic heterocycles. The first-order chi connectivity index (χ1) is 11.8. The topological polar surface area (TPSA) is 72.0 Å². The van der Waals surface area contributed by atoms with Crippen molar-refractivity contribution >= 4 is 27.5 Å². The zero-order valence-electron chi connectivity index (χ0n) is 14.7. The molecule has 0 bridgehead atoms. The molecule has 0 radical (unpaired) electrons. The summed E-state index contributed by atoms with van der Waals surface area (Å²) in [6.45, 7) is 7.59. The van der Waals surface area contributed by atoms with Crippen LogP contribution in [0.4, 0.5) is 0 Å². The highest BCUT2D eigenvalue weighted by molar-refractivity contribution is 7.18. The third kappa shape index (κ3) is 3.64. The van der Waals surface area contributed by atoms with E-state index in [2.05, 4.69) is 9.97 Å². The Bertz CT molecular complexity index is 986. The number of nitrogens with one attached hydrogen (secondary N) is 1. The standard InChI is InChI=1S/C19H20N2O3S/c1-10-5-7-14(8-6-10)9-15(22)24-12(3)17-20-18(23)16-11(2)13(4)25-19(16)21-17/h5-8,12H,9H2,1-4H3,(H,20,21,23)/t12-/m0/s1. The van der Waals surface area contributed by atoms with Crippen molar-refractivity contribution < 1.29 is 9.53 Å². The van der Waals surface area contributed by atoms with Crippen molar-refractivity contribution in [1.82, 2.24) is 9.97 Å². The van der Waals surface area contributed by atoms with Gasteiger partial charge >= 0.3 is 5.97 Å². The van der Waals surface area contributed by atoms with Crippen LogP contribution in [0.3, 0.4) is 0 Å². The molecule has 0 unspecified atom stereocenters. The first-order valence-electron chi connectivity index (χ1n) is 8.10. The molecular weight excluding hydrogens is 336 g/mol. The van der Waals surface area contributed by atoms with Gasteiger partial charge in [0.1, 0.15) is 4.83 Å². The van der Waals surface area contributed by atoms with Gasteiger partial charge in [0.15, 0.2) is 11.9 Å². The number of carbonyl (C=O) groups is 1. The van der Waals surface area contributed by atoms with E-state index in [4.69, 9.17) is 4.74 Å². The number of aromatic amines is 1. The Morgan fingerprint density at radius 2 is 1.92 bits per heavy atom. The molecule has 0 spiro atoms. The van der Waals surface area contributed by atoms with Gasteiger partial charge in [-0.1, -0.05) is 29.8 Å². The number of fused-ring (bicyclic) bond motifs is 1. The Balaban J connectivity index is 1.77. The zero-order chi connectivity index (χ0) is 18.1. The number of benzene rings is 1. The van der Waals surface area contributed by atoms with E-state index < -0.39 is 6.10 Å². The highest BCUT2D eigenvalue weighted by Gasteiger charge is 2.18. The predicted molar refractivity (Wildman–Crippen MR) is 99.1 cm³/mol. The lowest BCUT2D eigenvalue weighted by Gasteiger charge is -2.12. The number of rotatable bonds is 4. The minimum absolute atomic E-state index is 0.189. The second kappa shape index (κ2) is 6.80. The predicted octanol–water partition coefficient (Wildman–Crippen LogP) is 3.76. The molecule has 2 heterocycles. The van der Waals surface area contributed by atoms with Crippen LogP contribution in [0.15, 0.2) is 29.1 Å². The van der Waals surface area contributed by atoms with Gasteiger partial charge in [-0.15, -0.1) is 11.3 Å². The fourth-order valence-corrected chi connectivity index (χ4v) is 3.67. The number of aromatic nitrogens is 2. The summed E-state index contributed by atoms with van der Waals surface area (Å²) in [5.41, 5.74) is 2.79. The number of hydrogen-bond acceptors (Lipinski definition) is 5. The second-order valence-electron chi connectivity index (χ2n) is 6.21. The summed E-state index contributed by atoms with van der Waals surface area (Å²) in [4.78, 5) is 33.4. The summed E-state index contributed by atoms with van der Waals surface area (Å²) in [7, 11) is 0. The number of esters is 1. The average molecular weight is 356 g/mol. The fourth-order valence-electron chi connectivity index (χ4n) is 2.63. The maximum atomic E-state index is 12.3. The lowest BCUT2D eigenvalue weighted by atomic mass is 10.1. The second-order valence-corrected chi connectivity index (χ2v) is 7.41. The van der Waals surface area contributed by atoms with Crippen LogP contribution in [0.5, 0.6) is 0 Å². The number of ether oxygens (including phenoxy) is 1. The van der Waals surface area contributed by atoms with E-state index in [1.165, 1.54) is 11.3 Å². The van der Waals surface area contributed by atoms with E-state index in [9.17, 15) is 9.59 Å². The largest absolute Gasteiger partial charge is 0.454 e. The van der Waals surface area contributed by atoms with Crippen LogP contribution in [-0.2, 0) is 16.0 Å². The van der Waals surface area contributed by atoms with Crippen molar-refractivity contribution in [2.75, 3.05) is 0 Å². The smallest absolute Gasteiger partial charge is 0.310 e. The van der Waals surface area contributed by atoms with Crippen molar-refractivity contribution in [2.45, 2.75) is 40.2 Å². The van der Waals surface area contributed by atoms with E-state index in [1.54, 1.807) is 6.92 Å². The molecule has 25 heavy (non-hydrogen) atoms. The summed E-state index contributed by atoms with van der Waals surface area (Å²) >= 11 is 1.48. The molecule has 1 aromatic carbocycles. The van der Waals surface area contributed by atoms with Crippen LogP contribution in [0.25, 0.3) is 10.2 Å². The third-order valence-corrected chi connectivity index (χ3v) is 5.32. The lowest BCUT2D eigenvalue weighted by Crippen LogP contribution is -2.18. The van der Waals surface area contributed by atoms with Gasteiger partial charge in [0.05, 0.1) is 11.8 Å². The van der Waals surface area contributed by atoms with E-state index in [-0.39, 0.29) is 17.9 Å². The first-order valence-corrected chi connectivity index (χ1v) is 8.91. The Morgan fingerprint density at radius 1 is 1.24 bits per heavy atom. The molecule has 130 valence electrons. The molecule has 0 amide bonds. The van der Waals surface area contributed by atoms with Crippen molar-refractivity contribution in [1.29, 1.82) is 0 Å². The molecule has 3 aromatic rings. The molecule has 1 N–H and O–H groups in total. The maximum absolute atomic E-state index is 12.3. The summed E-state index contributed by atoms with van der Waals surface area (Å²) in [5.74, 6) is 0.0219. The number of carbonyl (C=O) groups excluding carboxylic acids is 1. The van der Waals surface area contributed by atoms with Gasteiger partial charge in [-0.3, -0.25) is 9.59 Å². The molecular formula is C19H20N2O3S. The molecule has 0 fully saturated rings. The third-order valence-electron chi connectivity index (χ3n) is 4.22. The average Bonchev–Trinajstić information content (AvgIpc) is 2.84. The van der Waals surface area contributed by atoms with E-state index in [0.717, 1.165) is 21.6 Å². The Kier molecular flexibility index (Phi) is 4.72. The zero-order valence-corrected chi connectivity index (χ0v) is 15.5. The quantitative estimate of drug-likeness (QED) is 0.723. The number of H-pyrrole nitrogens is 1. The minimum atomic E-state index is -0.613. The molecule has 0 aliphatic carbocycles.